The largest absolute Gasteiger partial charge is 0.419 e. The van der Waals surface area contributed by atoms with Gasteiger partial charge in [0.05, 0.1) is 11.3 Å². The normalized spacial score (nSPS) is 25.5. The van der Waals surface area contributed by atoms with Gasteiger partial charge in [-0.1, -0.05) is 6.92 Å². The topological polar surface area (TPSA) is 72.0 Å². The van der Waals surface area contributed by atoms with Gasteiger partial charge in [0.2, 0.25) is 0 Å². The molecule has 0 bridgehead atoms. The van der Waals surface area contributed by atoms with Gasteiger partial charge in [-0.05, 0) is 64.0 Å². The maximum atomic E-state index is 13.3. The number of aromatic nitrogens is 3. The molecule has 0 spiro atoms. The van der Waals surface area contributed by atoms with Gasteiger partial charge in [0.1, 0.15) is 5.82 Å². The number of nitrogens with one attached hydrogen (secondary N) is 1. The number of pyridine rings is 1. The van der Waals surface area contributed by atoms with Crippen molar-refractivity contribution in [2.24, 2.45) is 5.92 Å². The van der Waals surface area contributed by atoms with E-state index in [-0.39, 0.29) is 6.04 Å². The number of anilines is 1. The average Bonchev–Trinajstić information content (AvgIpc) is 3.40. The van der Waals surface area contributed by atoms with E-state index in [9.17, 15) is 13.2 Å². The van der Waals surface area contributed by atoms with Crippen LogP contribution >= 0.6 is 0 Å². The number of hydrogen-bond donors (Lipinski definition) is 2. The van der Waals surface area contributed by atoms with Crippen molar-refractivity contribution in [3.63, 3.8) is 0 Å². The van der Waals surface area contributed by atoms with Crippen molar-refractivity contribution in [2.45, 2.75) is 77.2 Å². The van der Waals surface area contributed by atoms with Crippen molar-refractivity contribution in [1.29, 1.82) is 0 Å². The average molecular weight is 465 g/mol. The first kappa shape index (κ1) is 24.0. The SMILES string of the molecule is CCC(C)n1nc(-c2cnc(N)c(C(F)(F)F)c2)cc1CC1CCC(N2CCNC(C)C2)C1. The molecule has 2 aromatic heterocycles. The Morgan fingerprint density at radius 2 is 2.06 bits per heavy atom. The van der Waals surface area contributed by atoms with Crippen LogP contribution in [0.2, 0.25) is 0 Å². The van der Waals surface area contributed by atoms with Gasteiger partial charge >= 0.3 is 6.18 Å². The quantitative estimate of drug-likeness (QED) is 0.658. The minimum Gasteiger partial charge on any atom is -0.383 e. The van der Waals surface area contributed by atoms with E-state index in [0.717, 1.165) is 50.7 Å². The van der Waals surface area contributed by atoms with Gasteiger partial charge in [-0.2, -0.15) is 18.3 Å². The second-order valence-corrected chi connectivity index (χ2v) is 9.76. The summed E-state index contributed by atoms with van der Waals surface area (Å²) in [7, 11) is 0. The number of hydrogen-bond acceptors (Lipinski definition) is 5. The highest BCUT2D eigenvalue weighted by Gasteiger charge is 2.35. The molecule has 2 aliphatic rings. The summed E-state index contributed by atoms with van der Waals surface area (Å²) in [6.45, 7) is 9.67. The lowest BCUT2D eigenvalue weighted by Gasteiger charge is -2.36. The van der Waals surface area contributed by atoms with Crippen molar-refractivity contribution < 1.29 is 13.2 Å². The van der Waals surface area contributed by atoms with Crippen LogP contribution in [0, 0.1) is 5.92 Å². The van der Waals surface area contributed by atoms with E-state index in [1.54, 1.807) is 0 Å². The van der Waals surface area contributed by atoms with E-state index in [0.29, 0.717) is 29.3 Å². The van der Waals surface area contributed by atoms with Gasteiger partial charge in [-0.3, -0.25) is 9.58 Å². The highest BCUT2D eigenvalue weighted by atomic mass is 19.4. The molecule has 2 fully saturated rings. The van der Waals surface area contributed by atoms with E-state index in [1.807, 2.05) is 10.7 Å². The van der Waals surface area contributed by atoms with Crippen molar-refractivity contribution in [2.75, 3.05) is 25.4 Å². The number of nitrogens with two attached hydrogens (primary N) is 1. The molecule has 4 unspecified atom stereocenters. The van der Waals surface area contributed by atoms with Gasteiger partial charge in [0.25, 0.3) is 0 Å². The van der Waals surface area contributed by atoms with E-state index in [4.69, 9.17) is 10.8 Å². The van der Waals surface area contributed by atoms with Crippen LogP contribution in [-0.2, 0) is 12.6 Å². The lowest BCUT2D eigenvalue weighted by Crippen LogP contribution is -2.52. The van der Waals surface area contributed by atoms with Gasteiger partial charge < -0.3 is 11.1 Å². The number of nitrogens with zero attached hydrogens (tertiary/aromatic N) is 4. The fourth-order valence-corrected chi connectivity index (χ4v) is 5.28. The Hall–Kier alpha value is -2.13. The third-order valence-corrected chi connectivity index (χ3v) is 7.27. The molecule has 0 amide bonds. The Kier molecular flexibility index (Phi) is 7.00. The zero-order valence-corrected chi connectivity index (χ0v) is 19.7. The number of halogens is 3. The van der Waals surface area contributed by atoms with Crippen LogP contribution in [0.25, 0.3) is 11.3 Å². The van der Waals surface area contributed by atoms with E-state index < -0.39 is 17.6 Å². The molecule has 4 atom stereocenters. The summed E-state index contributed by atoms with van der Waals surface area (Å²) >= 11 is 0. The van der Waals surface area contributed by atoms with Crippen LogP contribution in [0.4, 0.5) is 19.0 Å². The Labute approximate surface area is 193 Å². The van der Waals surface area contributed by atoms with Crippen LogP contribution in [-0.4, -0.2) is 51.4 Å². The van der Waals surface area contributed by atoms with Gasteiger partial charge in [-0.15, -0.1) is 0 Å². The summed E-state index contributed by atoms with van der Waals surface area (Å²) in [4.78, 5) is 6.42. The minimum atomic E-state index is -4.55. The van der Waals surface area contributed by atoms with E-state index >= 15 is 0 Å². The molecule has 1 saturated carbocycles. The smallest absolute Gasteiger partial charge is 0.383 e. The molecule has 1 saturated heterocycles. The monoisotopic (exact) mass is 464 g/mol. The molecule has 2 aromatic rings. The summed E-state index contributed by atoms with van der Waals surface area (Å²) in [6, 6.07) is 4.33. The third-order valence-electron chi connectivity index (χ3n) is 7.27. The predicted octanol–water partition coefficient (Wildman–Crippen LogP) is 4.52. The molecule has 182 valence electrons. The summed E-state index contributed by atoms with van der Waals surface area (Å²) in [5, 5.41) is 8.23. The fraction of sp³-hybridized carbons (Fsp3) is 0.667. The molecule has 1 aliphatic carbocycles. The third kappa shape index (κ3) is 5.35. The molecule has 0 radical (unpaired) electrons. The van der Waals surface area contributed by atoms with Crippen molar-refractivity contribution in [3.05, 3.63) is 29.6 Å². The molecule has 9 heteroatoms. The summed E-state index contributed by atoms with van der Waals surface area (Å²) < 4.78 is 42.0. The molecular weight excluding hydrogens is 429 g/mol. The summed E-state index contributed by atoms with van der Waals surface area (Å²) in [5.41, 5.74) is 6.53. The van der Waals surface area contributed by atoms with E-state index in [2.05, 4.69) is 36.0 Å². The second kappa shape index (κ2) is 9.62. The summed E-state index contributed by atoms with van der Waals surface area (Å²) in [5.74, 6) is 0.0508. The van der Waals surface area contributed by atoms with Crippen LogP contribution in [0.3, 0.4) is 0 Å². The first-order chi connectivity index (χ1) is 15.7. The second-order valence-electron chi connectivity index (χ2n) is 9.76. The first-order valence-electron chi connectivity index (χ1n) is 12.0. The summed E-state index contributed by atoms with van der Waals surface area (Å²) in [6.07, 6.45) is 2.17. The van der Waals surface area contributed by atoms with Crippen LogP contribution in [0.1, 0.15) is 63.8 Å². The van der Waals surface area contributed by atoms with Gasteiger partial charge in [0, 0.05) is 55.2 Å². The Morgan fingerprint density at radius 1 is 1.27 bits per heavy atom. The standard InChI is InChI=1S/C24H35F3N6/c1-4-16(3)33-20(10-17-5-6-19(9-17)32-8-7-29-15(2)14-32)12-22(31-33)18-11-21(24(25,26)27)23(28)30-13-18/h11-13,15-17,19,29H,4-10,14H2,1-3H3,(H2,28,30). The van der Waals surface area contributed by atoms with Crippen LogP contribution < -0.4 is 11.1 Å². The maximum Gasteiger partial charge on any atom is 0.419 e. The van der Waals surface area contributed by atoms with Crippen LogP contribution in [0.5, 0.6) is 0 Å². The molecule has 6 nitrogen and oxygen atoms in total. The minimum absolute atomic E-state index is 0.170. The number of piperazine rings is 1. The predicted molar refractivity (Wildman–Crippen MR) is 124 cm³/mol. The van der Waals surface area contributed by atoms with Crippen molar-refractivity contribution in [1.82, 2.24) is 25.0 Å². The zero-order chi connectivity index (χ0) is 23.8. The van der Waals surface area contributed by atoms with Crippen LogP contribution in [0.15, 0.2) is 18.3 Å². The Balaban J connectivity index is 1.54. The Morgan fingerprint density at radius 3 is 2.76 bits per heavy atom. The highest BCUT2D eigenvalue weighted by Crippen LogP contribution is 2.37. The molecule has 33 heavy (non-hydrogen) atoms. The molecule has 1 aliphatic heterocycles. The number of nitrogen functional groups attached to an aromatic ring is 1. The van der Waals surface area contributed by atoms with Gasteiger partial charge in [0.15, 0.2) is 0 Å². The lowest BCUT2D eigenvalue weighted by molar-refractivity contribution is -0.137. The molecule has 0 aromatic carbocycles. The molecule has 4 rings (SSSR count). The Bertz CT molecular complexity index is 956. The highest BCUT2D eigenvalue weighted by molar-refractivity contribution is 5.62. The molecule has 3 heterocycles. The fourth-order valence-electron chi connectivity index (χ4n) is 5.28. The molecule has 3 N–H and O–H groups in total. The number of alkyl halides is 3. The maximum absolute atomic E-state index is 13.3. The van der Waals surface area contributed by atoms with E-state index in [1.165, 1.54) is 19.0 Å². The first-order valence-corrected chi connectivity index (χ1v) is 12.0. The number of rotatable bonds is 6. The van der Waals surface area contributed by atoms with Crippen molar-refractivity contribution >= 4 is 5.82 Å². The van der Waals surface area contributed by atoms with Gasteiger partial charge in [-0.25, -0.2) is 4.98 Å². The van der Waals surface area contributed by atoms with Crippen molar-refractivity contribution in [3.8, 4) is 11.3 Å². The lowest BCUT2D eigenvalue weighted by atomic mass is 10.00. The molecular formula is C24H35F3N6. The zero-order valence-electron chi connectivity index (χ0n) is 19.7.